The van der Waals surface area contributed by atoms with Crippen LogP contribution in [-0.4, -0.2) is 15.9 Å². The van der Waals surface area contributed by atoms with E-state index in [1.54, 1.807) is 19.3 Å². The van der Waals surface area contributed by atoms with E-state index in [2.05, 4.69) is 25.9 Å². The number of carbonyl (C=O) groups excluding carboxylic acids is 1. The zero-order valence-electron chi connectivity index (χ0n) is 10.5. The molecule has 0 aliphatic carbocycles. The van der Waals surface area contributed by atoms with Crippen molar-refractivity contribution < 1.29 is 4.79 Å². The molecule has 0 bridgehead atoms. The van der Waals surface area contributed by atoms with Crippen molar-refractivity contribution in [1.82, 2.24) is 9.97 Å². The molecule has 1 amide bonds. The van der Waals surface area contributed by atoms with Crippen LogP contribution in [0.4, 0.5) is 0 Å². The lowest BCUT2D eigenvalue weighted by atomic mass is 10.0. The lowest BCUT2D eigenvalue weighted by Crippen LogP contribution is -2.20. The van der Waals surface area contributed by atoms with Crippen molar-refractivity contribution in [2.45, 2.75) is 19.3 Å². The van der Waals surface area contributed by atoms with Crippen LogP contribution in [0, 0.1) is 0 Å². The van der Waals surface area contributed by atoms with Gasteiger partial charge in [0.2, 0.25) is 5.91 Å². The Kier molecular flexibility index (Phi) is 4.27. The summed E-state index contributed by atoms with van der Waals surface area (Å²) in [6, 6.07) is 7.76. The van der Waals surface area contributed by atoms with Crippen LogP contribution in [0.1, 0.15) is 29.8 Å². The van der Waals surface area contributed by atoms with Crippen molar-refractivity contribution >= 4 is 21.8 Å². The SMILES string of the molecule is CC(C(N)=O)c1ncc(Cc2ccccn2)cc1Br. The number of primary amides is 1. The topological polar surface area (TPSA) is 68.9 Å². The molecule has 2 rings (SSSR count). The number of nitrogens with two attached hydrogens (primary N) is 1. The van der Waals surface area contributed by atoms with Gasteiger partial charge in [-0.1, -0.05) is 6.07 Å². The van der Waals surface area contributed by atoms with E-state index in [1.807, 2.05) is 24.3 Å². The molecule has 5 heteroatoms. The first-order chi connectivity index (χ1) is 9.08. The molecule has 0 aliphatic rings. The van der Waals surface area contributed by atoms with E-state index < -0.39 is 5.92 Å². The summed E-state index contributed by atoms with van der Waals surface area (Å²) in [6.07, 6.45) is 4.23. The van der Waals surface area contributed by atoms with E-state index in [9.17, 15) is 4.79 Å². The third kappa shape index (κ3) is 3.38. The first-order valence-corrected chi connectivity index (χ1v) is 6.70. The number of hydrogen-bond acceptors (Lipinski definition) is 3. The highest BCUT2D eigenvalue weighted by Gasteiger charge is 2.16. The fourth-order valence-electron chi connectivity index (χ4n) is 1.75. The molecule has 0 saturated heterocycles. The minimum Gasteiger partial charge on any atom is -0.369 e. The van der Waals surface area contributed by atoms with Gasteiger partial charge in [-0.2, -0.15) is 0 Å². The normalized spacial score (nSPS) is 12.1. The Bertz CT molecular complexity index is 586. The van der Waals surface area contributed by atoms with E-state index in [4.69, 9.17) is 5.73 Å². The summed E-state index contributed by atoms with van der Waals surface area (Å²) >= 11 is 3.44. The van der Waals surface area contributed by atoms with Gasteiger partial charge in [-0.3, -0.25) is 14.8 Å². The van der Waals surface area contributed by atoms with Gasteiger partial charge >= 0.3 is 0 Å². The maximum atomic E-state index is 11.2. The second-order valence-corrected chi connectivity index (χ2v) is 5.19. The average Bonchev–Trinajstić information content (AvgIpc) is 2.39. The monoisotopic (exact) mass is 319 g/mol. The summed E-state index contributed by atoms with van der Waals surface area (Å²) in [4.78, 5) is 19.8. The predicted octanol–water partition coefficient (Wildman–Crippen LogP) is 2.42. The first-order valence-electron chi connectivity index (χ1n) is 5.91. The Morgan fingerprint density at radius 1 is 1.42 bits per heavy atom. The molecule has 2 N–H and O–H groups in total. The highest BCUT2D eigenvalue weighted by atomic mass is 79.9. The lowest BCUT2D eigenvalue weighted by molar-refractivity contribution is -0.119. The number of rotatable bonds is 4. The van der Waals surface area contributed by atoms with Gasteiger partial charge < -0.3 is 5.73 Å². The second kappa shape index (κ2) is 5.93. The van der Waals surface area contributed by atoms with Gasteiger partial charge in [0.05, 0.1) is 11.6 Å². The summed E-state index contributed by atoms with van der Waals surface area (Å²) in [5, 5.41) is 0. The number of aromatic nitrogens is 2. The van der Waals surface area contributed by atoms with Crippen LogP contribution >= 0.6 is 15.9 Å². The van der Waals surface area contributed by atoms with E-state index in [1.165, 1.54) is 0 Å². The highest BCUT2D eigenvalue weighted by Crippen LogP contribution is 2.24. The Morgan fingerprint density at radius 2 is 2.21 bits per heavy atom. The van der Waals surface area contributed by atoms with E-state index >= 15 is 0 Å². The minimum absolute atomic E-state index is 0.384. The lowest BCUT2D eigenvalue weighted by Gasteiger charge is -2.10. The van der Waals surface area contributed by atoms with E-state index in [0.717, 1.165) is 15.7 Å². The molecule has 19 heavy (non-hydrogen) atoms. The van der Waals surface area contributed by atoms with Gasteiger partial charge in [0, 0.05) is 29.0 Å². The Balaban J connectivity index is 2.22. The smallest absolute Gasteiger partial charge is 0.226 e. The molecule has 1 unspecified atom stereocenters. The van der Waals surface area contributed by atoms with Crippen molar-refractivity contribution in [3.05, 3.63) is 58.1 Å². The number of nitrogens with zero attached hydrogens (tertiary/aromatic N) is 2. The van der Waals surface area contributed by atoms with Crippen LogP contribution in [0.5, 0.6) is 0 Å². The van der Waals surface area contributed by atoms with Crippen LogP contribution < -0.4 is 5.73 Å². The molecular weight excluding hydrogens is 306 g/mol. The fourth-order valence-corrected chi connectivity index (χ4v) is 2.49. The average molecular weight is 320 g/mol. The van der Waals surface area contributed by atoms with Crippen LogP contribution in [0.15, 0.2) is 41.1 Å². The zero-order chi connectivity index (χ0) is 13.8. The molecule has 0 aromatic carbocycles. The molecule has 2 aromatic heterocycles. The number of hydrogen-bond donors (Lipinski definition) is 1. The molecule has 0 radical (unpaired) electrons. The Morgan fingerprint density at radius 3 is 2.79 bits per heavy atom. The van der Waals surface area contributed by atoms with Crippen LogP contribution in [0.2, 0.25) is 0 Å². The van der Waals surface area contributed by atoms with Gasteiger partial charge in [0.15, 0.2) is 0 Å². The summed E-state index contributed by atoms with van der Waals surface area (Å²) in [5.74, 6) is -0.788. The number of pyridine rings is 2. The molecule has 1 atom stereocenters. The quantitative estimate of drug-likeness (QED) is 0.940. The van der Waals surface area contributed by atoms with Crippen LogP contribution in [-0.2, 0) is 11.2 Å². The van der Waals surface area contributed by atoms with Crippen molar-refractivity contribution in [3.63, 3.8) is 0 Å². The second-order valence-electron chi connectivity index (χ2n) is 4.33. The van der Waals surface area contributed by atoms with Crippen molar-refractivity contribution in [1.29, 1.82) is 0 Å². The number of amides is 1. The minimum atomic E-state index is -0.404. The maximum absolute atomic E-state index is 11.2. The molecule has 0 fully saturated rings. The summed E-state index contributed by atoms with van der Waals surface area (Å²) in [6.45, 7) is 1.74. The van der Waals surface area contributed by atoms with Crippen molar-refractivity contribution in [2.24, 2.45) is 5.73 Å². The van der Waals surface area contributed by atoms with Crippen molar-refractivity contribution in [3.8, 4) is 0 Å². The molecule has 0 saturated carbocycles. The number of halogens is 1. The summed E-state index contributed by atoms with van der Waals surface area (Å²) in [7, 11) is 0. The molecular formula is C14H14BrN3O. The number of carbonyl (C=O) groups is 1. The molecule has 0 spiro atoms. The Labute approximate surface area is 120 Å². The predicted molar refractivity (Wildman–Crippen MR) is 76.6 cm³/mol. The van der Waals surface area contributed by atoms with Gasteiger partial charge in [-0.25, -0.2) is 0 Å². The van der Waals surface area contributed by atoms with Gasteiger partial charge in [0.1, 0.15) is 0 Å². The largest absolute Gasteiger partial charge is 0.369 e. The molecule has 2 aromatic rings. The third-order valence-electron chi connectivity index (χ3n) is 2.87. The van der Waals surface area contributed by atoms with Gasteiger partial charge in [-0.05, 0) is 46.6 Å². The van der Waals surface area contributed by atoms with Gasteiger partial charge in [-0.15, -0.1) is 0 Å². The first kappa shape index (κ1) is 13.7. The van der Waals surface area contributed by atoms with Crippen LogP contribution in [0.3, 0.4) is 0 Å². The van der Waals surface area contributed by atoms with Crippen molar-refractivity contribution in [2.75, 3.05) is 0 Å². The van der Waals surface area contributed by atoms with Gasteiger partial charge in [0.25, 0.3) is 0 Å². The summed E-state index contributed by atoms with van der Waals surface area (Å²) < 4.78 is 0.798. The standard InChI is InChI=1S/C14H14BrN3O/c1-9(14(16)19)13-12(15)7-10(8-18-13)6-11-4-2-3-5-17-11/h2-5,7-9H,6H2,1H3,(H2,16,19). The zero-order valence-corrected chi connectivity index (χ0v) is 12.1. The molecule has 0 aliphatic heterocycles. The van der Waals surface area contributed by atoms with Crippen LogP contribution in [0.25, 0.3) is 0 Å². The Hall–Kier alpha value is -1.75. The fraction of sp³-hybridized carbons (Fsp3) is 0.214. The summed E-state index contributed by atoms with van der Waals surface area (Å²) in [5.41, 5.74) is 7.96. The molecule has 98 valence electrons. The van der Waals surface area contributed by atoms with E-state index in [-0.39, 0.29) is 5.91 Å². The third-order valence-corrected chi connectivity index (χ3v) is 3.51. The maximum Gasteiger partial charge on any atom is 0.226 e. The molecule has 2 heterocycles. The van der Waals surface area contributed by atoms with E-state index in [0.29, 0.717) is 12.1 Å². The highest BCUT2D eigenvalue weighted by molar-refractivity contribution is 9.10. The molecule has 4 nitrogen and oxygen atoms in total.